The van der Waals surface area contributed by atoms with Crippen molar-refractivity contribution in [1.82, 2.24) is 0 Å². The van der Waals surface area contributed by atoms with Gasteiger partial charge in [0.15, 0.2) is 0 Å². The monoisotopic (exact) mass is 208 g/mol. The molecule has 0 saturated heterocycles. The van der Waals surface area contributed by atoms with Gasteiger partial charge < -0.3 is 5.11 Å². The number of hydrogen-bond donors (Lipinski definition) is 1. The molecule has 1 N–H and O–H groups in total. The summed E-state index contributed by atoms with van der Waals surface area (Å²) in [5.41, 5.74) is 1.63. The lowest BCUT2D eigenvalue weighted by molar-refractivity contribution is 0.203. The van der Waals surface area contributed by atoms with Crippen molar-refractivity contribution in [2.24, 2.45) is 0 Å². The Kier molecular flexibility index (Phi) is 2.86. The molecule has 0 radical (unpaired) electrons. The highest BCUT2D eigenvalue weighted by Crippen LogP contribution is 2.27. The second kappa shape index (κ2) is 3.49. The first-order chi connectivity index (χ1) is 4.79. The average Bonchev–Trinajstić information content (AvgIpc) is 2.30. The van der Waals surface area contributed by atoms with Crippen molar-refractivity contribution >= 4 is 15.9 Å². The summed E-state index contributed by atoms with van der Waals surface area (Å²) in [5.74, 6) is 0. The van der Waals surface area contributed by atoms with Gasteiger partial charge in [-0.2, -0.15) is 0 Å². The van der Waals surface area contributed by atoms with Gasteiger partial charge in [-0.1, -0.05) is 21.5 Å². The standard InChI is InChI=1S/C7H10BrFO/c8-3-5-1-2-7(10)6(5)4-9/h7,10H,1-4H2. The Labute approximate surface area is 68.1 Å². The van der Waals surface area contributed by atoms with Crippen molar-refractivity contribution in [3.8, 4) is 0 Å². The second-order valence-corrected chi connectivity index (χ2v) is 3.01. The molecule has 58 valence electrons. The van der Waals surface area contributed by atoms with Crippen LogP contribution in [0.15, 0.2) is 11.1 Å². The number of aliphatic hydroxyl groups is 1. The third kappa shape index (κ3) is 1.40. The zero-order valence-electron chi connectivity index (χ0n) is 5.61. The maximum atomic E-state index is 12.1. The normalized spacial score (nSPS) is 26.1. The summed E-state index contributed by atoms with van der Waals surface area (Å²) in [4.78, 5) is 0. The van der Waals surface area contributed by atoms with Gasteiger partial charge in [0, 0.05) is 5.33 Å². The summed E-state index contributed by atoms with van der Waals surface area (Å²) in [7, 11) is 0. The van der Waals surface area contributed by atoms with E-state index in [2.05, 4.69) is 15.9 Å². The minimum Gasteiger partial charge on any atom is -0.389 e. The van der Waals surface area contributed by atoms with Crippen LogP contribution in [-0.4, -0.2) is 23.2 Å². The van der Waals surface area contributed by atoms with Crippen molar-refractivity contribution in [3.05, 3.63) is 11.1 Å². The van der Waals surface area contributed by atoms with Crippen LogP contribution in [0.1, 0.15) is 12.8 Å². The van der Waals surface area contributed by atoms with Gasteiger partial charge >= 0.3 is 0 Å². The summed E-state index contributed by atoms with van der Waals surface area (Å²) in [5, 5.41) is 9.87. The fourth-order valence-corrected chi connectivity index (χ4v) is 1.86. The maximum absolute atomic E-state index is 12.1. The molecule has 0 spiro atoms. The SMILES string of the molecule is OC1CCC(CBr)=C1CF. The molecule has 10 heavy (non-hydrogen) atoms. The van der Waals surface area contributed by atoms with Crippen LogP contribution in [0.5, 0.6) is 0 Å². The summed E-state index contributed by atoms with van der Waals surface area (Å²) in [6.45, 7) is -0.498. The smallest absolute Gasteiger partial charge is 0.113 e. The van der Waals surface area contributed by atoms with Crippen LogP contribution in [-0.2, 0) is 0 Å². The molecule has 0 saturated carbocycles. The number of rotatable bonds is 2. The zero-order chi connectivity index (χ0) is 7.56. The van der Waals surface area contributed by atoms with E-state index in [1.807, 2.05) is 0 Å². The van der Waals surface area contributed by atoms with Crippen molar-refractivity contribution in [3.63, 3.8) is 0 Å². The average molecular weight is 209 g/mol. The van der Waals surface area contributed by atoms with Gasteiger partial charge in [0.2, 0.25) is 0 Å². The van der Waals surface area contributed by atoms with Gasteiger partial charge in [-0.05, 0) is 18.4 Å². The predicted octanol–water partition coefficient (Wildman–Crippen LogP) is 1.80. The van der Waals surface area contributed by atoms with E-state index >= 15 is 0 Å². The van der Waals surface area contributed by atoms with E-state index in [1.165, 1.54) is 0 Å². The summed E-state index contributed by atoms with van der Waals surface area (Å²) < 4.78 is 12.1. The first kappa shape index (κ1) is 8.21. The Morgan fingerprint density at radius 2 is 2.40 bits per heavy atom. The maximum Gasteiger partial charge on any atom is 0.113 e. The Bertz CT molecular complexity index is 156. The van der Waals surface area contributed by atoms with E-state index in [0.717, 1.165) is 12.0 Å². The van der Waals surface area contributed by atoms with Crippen LogP contribution >= 0.6 is 15.9 Å². The molecular weight excluding hydrogens is 199 g/mol. The molecule has 0 amide bonds. The summed E-state index contributed by atoms with van der Waals surface area (Å²) in [6, 6.07) is 0. The minimum atomic E-state index is -0.516. The first-order valence-corrected chi connectivity index (χ1v) is 4.42. The molecule has 1 rings (SSSR count). The molecule has 0 aromatic carbocycles. The van der Waals surface area contributed by atoms with Gasteiger partial charge in [0.25, 0.3) is 0 Å². The molecule has 1 nitrogen and oxygen atoms in total. The fraction of sp³-hybridized carbons (Fsp3) is 0.714. The summed E-state index contributed by atoms with van der Waals surface area (Å²) >= 11 is 3.25. The lowest BCUT2D eigenvalue weighted by Gasteiger charge is -2.03. The van der Waals surface area contributed by atoms with Crippen molar-refractivity contribution in [1.29, 1.82) is 0 Å². The number of alkyl halides is 2. The quantitative estimate of drug-likeness (QED) is 0.543. The highest BCUT2D eigenvalue weighted by atomic mass is 79.9. The topological polar surface area (TPSA) is 20.2 Å². The van der Waals surface area contributed by atoms with E-state index in [1.54, 1.807) is 0 Å². The van der Waals surface area contributed by atoms with Crippen LogP contribution in [0.2, 0.25) is 0 Å². The zero-order valence-corrected chi connectivity index (χ0v) is 7.19. The Morgan fingerprint density at radius 1 is 1.70 bits per heavy atom. The number of halogens is 2. The number of hydrogen-bond acceptors (Lipinski definition) is 1. The molecule has 0 bridgehead atoms. The van der Waals surface area contributed by atoms with Gasteiger partial charge in [-0.25, -0.2) is 4.39 Å². The third-order valence-corrected chi connectivity index (χ3v) is 2.56. The van der Waals surface area contributed by atoms with Gasteiger partial charge in [-0.3, -0.25) is 0 Å². The lowest BCUT2D eigenvalue weighted by Crippen LogP contribution is -2.06. The Hall–Kier alpha value is 0.110. The minimum absolute atomic E-state index is 0.498. The van der Waals surface area contributed by atoms with E-state index < -0.39 is 12.8 Å². The molecule has 0 aromatic rings. The number of allylic oxidation sites excluding steroid dienone is 1. The van der Waals surface area contributed by atoms with Crippen molar-refractivity contribution in [2.75, 3.05) is 12.0 Å². The van der Waals surface area contributed by atoms with Crippen LogP contribution in [0.4, 0.5) is 4.39 Å². The molecular formula is C7H10BrFO. The second-order valence-electron chi connectivity index (χ2n) is 2.45. The molecule has 3 heteroatoms. The highest BCUT2D eigenvalue weighted by Gasteiger charge is 2.21. The molecule has 0 fully saturated rings. The lowest BCUT2D eigenvalue weighted by atomic mass is 10.2. The molecule has 1 aliphatic rings. The summed E-state index contributed by atoms with van der Waals surface area (Å²) in [6.07, 6.45) is 1.02. The molecule has 0 heterocycles. The third-order valence-electron chi connectivity index (χ3n) is 1.88. The largest absolute Gasteiger partial charge is 0.389 e. The molecule has 0 aromatic heterocycles. The van der Waals surface area contributed by atoms with Crippen LogP contribution < -0.4 is 0 Å². The predicted molar refractivity (Wildman–Crippen MR) is 42.0 cm³/mol. The van der Waals surface area contributed by atoms with Crippen LogP contribution in [0, 0.1) is 0 Å². The van der Waals surface area contributed by atoms with Gasteiger partial charge in [-0.15, -0.1) is 0 Å². The van der Waals surface area contributed by atoms with E-state index in [0.29, 0.717) is 17.3 Å². The van der Waals surface area contributed by atoms with Crippen LogP contribution in [0.3, 0.4) is 0 Å². The molecule has 1 unspecified atom stereocenters. The Morgan fingerprint density at radius 3 is 2.80 bits per heavy atom. The van der Waals surface area contributed by atoms with E-state index in [-0.39, 0.29) is 0 Å². The molecule has 0 aliphatic heterocycles. The van der Waals surface area contributed by atoms with Gasteiger partial charge in [0.05, 0.1) is 6.10 Å². The van der Waals surface area contributed by atoms with Crippen LogP contribution in [0.25, 0.3) is 0 Å². The van der Waals surface area contributed by atoms with Crippen molar-refractivity contribution < 1.29 is 9.50 Å². The molecule has 1 atom stereocenters. The van der Waals surface area contributed by atoms with E-state index in [9.17, 15) is 9.50 Å². The van der Waals surface area contributed by atoms with Crippen molar-refractivity contribution in [2.45, 2.75) is 18.9 Å². The Balaban J connectivity index is 2.71. The fourth-order valence-electron chi connectivity index (χ4n) is 1.22. The number of aliphatic hydroxyl groups excluding tert-OH is 1. The van der Waals surface area contributed by atoms with E-state index in [4.69, 9.17) is 0 Å². The van der Waals surface area contributed by atoms with Gasteiger partial charge in [0.1, 0.15) is 6.67 Å². The molecule has 1 aliphatic carbocycles. The highest BCUT2D eigenvalue weighted by molar-refractivity contribution is 9.09. The first-order valence-electron chi connectivity index (χ1n) is 3.30.